The molecule has 0 bridgehead atoms. The van der Waals surface area contributed by atoms with Crippen LogP contribution >= 0.6 is 28.1 Å². The molecule has 0 fully saturated rings. The van der Waals surface area contributed by atoms with E-state index in [1.807, 2.05) is 25.1 Å². The smallest absolute Gasteiger partial charge is 0.175 e. The highest BCUT2D eigenvalue weighted by atomic mass is 79.9. The van der Waals surface area contributed by atoms with E-state index in [9.17, 15) is 8.78 Å². The molecule has 0 amide bonds. The fourth-order valence-corrected chi connectivity index (χ4v) is 2.40. The van der Waals surface area contributed by atoms with E-state index >= 15 is 0 Å². The summed E-state index contributed by atoms with van der Waals surface area (Å²) >= 11 is 8.51. The van der Waals surface area contributed by atoms with Crippen molar-refractivity contribution in [2.45, 2.75) is 6.92 Å². The lowest BCUT2D eigenvalue weighted by Crippen LogP contribution is -2.20. The molecule has 0 aliphatic carbocycles. The zero-order valence-electron chi connectivity index (χ0n) is 10.5. The van der Waals surface area contributed by atoms with E-state index in [0.717, 1.165) is 27.9 Å². The van der Waals surface area contributed by atoms with Crippen LogP contribution in [0.3, 0.4) is 0 Å². The molecule has 2 nitrogen and oxygen atoms in total. The first-order valence-corrected chi connectivity index (χ1v) is 6.95. The third kappa shape index (κ3) is 3.74. The van der Waals surface area contributed by atoms with E-state index in [1.165, 1.54) is 6.07 Å². The number of aryl methyl sites for hydroxylation is 1. The Morgan fingerprint density at radius 2 is 1.70 bits per heavy atom. The second kappa shape index (κ2) is 6.28. The Bertz CT molecular complexity index is 606. The van der Waals surface area contributed by atoms with Crippen LogP contribution in [-0.2, 0) is 0 Å². The maximum Gasteiger partial charge on any atom is 0.175 e. The van der Waals surface area contributed by atoms with Gasteiger partial charge in [0, 0.05) is 10.5 Å². The number of benzene rings is 2. The van der Waals surface area contributed by atoms with E-state index in [4.69, 9.17) is 12.2 Å². The summed E-state index contributed by atoms with van der Waals surface area (Å²) in [6, 6.07) is 8.97. The summed E-state index contributed by atoms with van der Waals surface area (Å²) in [5.74, 6) is -1.33. The van der Waals surface area contributed by atoms with Gasteiger partial charge >= 0.3 is 0 Å². The van der Waals surface area contributed by atoms with Crippen molar-refractivity contribution in [1.82, 2.24) is 0 Å². The van der Waals surface area contributed by atoms with Crippen molar-refractivity contribution < 1.29 is 8.78 Å². The predicted molar refractivity (Wildman–Crippen MR) is 85.1 cm³/mol. The van der Waals surface area contributed by atoms with Gasteiger partial charge in [0.1, 0.15) is 11.6 Å². The van der Waals surface area contributed by atoms with Crippen LogP contribution in [0.4, 0.5) is 20.2 Å². The normalized spacial score (nSPS) is 10.2. The maximum atomic E-state index is 13.5. The molecule has 2 rings (SSSR count). The first-order chi connectivity index (χ1) is 9.45. The van der Waals surface area contributed by atoms with Crippen LogP contribution in [0.5, 0.6) is 0 Å². The summed E-state index contributed by atoms with van der Waals surface area (Å²) in [4.78, 5) is 0. The van der Waals surface area contributed by atoms with E-state index in [0.29, 0.717) is 0 Å². The molecular formula is C14H11BrF2N2S. The molecule has 0 atom stereocenters. The molecule has 0 unspecified atom stereocenters. The number of nitrogens with one attached hydrogen (secondary N) is 2. The van der Waals surface area contributed by atoms with Crippen LogP contribution in [0.2, 0.25) is 0 Å². The zero-order valence-corrected chi connectivity index (χ0v) is 12.9. The number of rotatable bonds is 2. The molecule has 6 heteroatoms. The molecule has 0 spiro atoms. The molecule has 0 saturated carbocycles. The average molecular weight is 357 g/mol. The lowest BCUT2D eigenvalue weighted by Gasteiger charge is -2.12. The van der Waals surface area contributed by atoms with Gasteiger partial charge in [-0.25, -0.2) is 8.78 Å². The Morgan fingerprint density at radius 1 is 1.05 bits per heavy atom. The summed E-state index contributed by atoms with van der Waals surface area (Å²) in [6.07, 6.45) is 0. The highest BCUT2D eigenvalue weighted by Gasteiger charge is 2.07. The van der Waals surface area contributed by atoms with Gasteiger partial charge < -0.3 is 10.6 Å². The summed E-state index contributed by atoms with van der Waals surface area (Å²) in [7, 11) is 0. The quantitative estimate of drug-likeness (QED) is 0.752. The van der Waals surface area contributed by atoms with Crippen molar-refractivity contribution in [3.8, 4) is 0 Å². The molecule has 2 N–H and O–H groups in total. The standard InChI is InChI=1S/C14H11BrF2N2S/c1-8-2-4-12(10(15)6-8)18-14(20)19-13-5-3-9(16)7-11(13)17/h2-7H,1H3,(H2,18,19,20). The van der Waals surface area contributed by atoms with Crippen molar-refractivity contribution in [3.05, 3.63) is 58.1 Å². The van der Waals surface area contributed by atoms with Gasteiger partial charge in [0.05, 0.1) is 11.4 Å². The summed E-state index contributed by atoms with van der Waals surface area (Å²) in [6.45, 7) is 1.97. The lowest BCUT2D eigenvalue weighted by molar-refractivity contribution is 0.586. The Morgan fingerprint density at radius 3 is 2.35 bits per heavy atom. The molecule has 2 aromatic rings. The van der Waals surface area contributed by atoms with Crippen molar-refractivity contribution in [2.24, 2.45) is 0 Å². The number of halogens is 3. The van der Waals surface area contributed by atoms with E-state index in [2.05, 4.69) is 26.6 Å². The minimum Gasteiger partial charge on any atom is -0.332 e. The Hall–Kier alpha value is -1.53. The van der Waals surface area contributed by atoms with Crippen LogP contribution in [0, 0.1) is 18.6 Å². The van der Waals surface area contributed by atoms with Crippen molar-refractivity contribution in [1.29, 1.82) is 0 Å². The molecule has 104 valence electrons. The van der Waals surface area contributed by atoms with Crippen LogP contribution in [0.1, 0.15) is 5.56 Å². The SMILES string of the molecule is Cc1ccc(NC(=S)Nc2ccc(F)cc2F)c(Br)c1. The first-order valence-electron chi connectivity index (χ1n) is 5.75. The van der Waals surface area contributed by atoms with Gasteiger partial charge in [-0.15, -0.1) is 0 Å². The van der Waals surface area contributed by atoms with Crippen molar-refractivity contribution in [2.75, 3.05) is 10.6 Å². The molecule has 0 aliphatic rings. The lowest BCUT2D eigenvalue weighted by atomic mass is 10.2. The second-order valence-corrected chi connectivity index (χ2v) is 5.45. The molecule has 0 saturated heterocycles. The highest BCUT2D eigenvalue weighted by molar-refractivity contribution is 9.10. The highest BCUT2D eigenvalue weighted by Crippen LogP contribution is 2.24. The molecule has 0 aliphatic heterocycles. The van der Waals surface area contributed by atoms with Crippen LogP contribution in [-0.4, -0.2) is 5.11 Å². The largest absolute Gasteiger partial charge is 0.332 e. The van der Waals surface area contributed by atoms with Crippen LogP contribution in [0.25, 0.3) is 0 Å². The van der Waals surface area contributed by atoms with E-state index in [1.54, 1.807) is 0 Å². The number of hydrogen-bond donors (Lipinski definition) is 2. The van der Waals surface area contributed by atoms with E-state index in [-0.39, 0.29) is 10.8 Å². The number of thiocarbonyl (C=S) groups is 1. The molecule has 20 heavy (non-hydrogen) atoms. The fraction of sp³-hybridized carbons (Fsp3) is 0.0714. The van der Waals surface area contributed by atoms with Crippen LogP contribution in [0.15, 0.2) is 40.9 Å². The first kappa shape index (κ1) is 14.9. The Balaban J connectivity index is 2.09. The molecule has 0 aromatic heterocycles. The molecule has 0 heterocycles. The van der Waals surface area contributed by atoms with Crippen LogP contribution < -0.4 is 10.6 Å². The van der Waals surface area contributed by atoms with Gasteiger partial charge in [-0.2, -0.15) is 0 Å². The third-order valence-electron chi connectivity index (χ3n) is 2.55. The molecular weight excluding hydrogens is 346 g/mol. The van der Waals surface area contributed by atoms with Crippen molar-refractivity contribution >= 4 is 44.6 Å². The monoisotopic (exact) mass is 356 g/mol. The zero-order chi connectivity index (χ0) is 14.7. The van der Waals surface area contributed by atoms with Gasteiger partial charge in [0.15, 0.2) is 5.11 Å². The average Bonchev–Trinajstić information content (AvgIpc) is 2.36. The summed E-state index contributed by atoms with van der Waals surface area (Å²) in [5.41, 5.74) is 1.98. The van der Waals surface area contributed by atoms with Gasteiger partial charge in [-0.05, 0) is 64.9 Å². The minimum atomic E-state index is -0.697. The Labute approximate surface area is 129 Å². The summed E-state index contributed by atoms with van der Waals surface area (Å²) < 4.78 is 27.1. The van der Waals surface area contributed by atoms with Gasteiger partial charge in [-0.3, -0.25) is 0 Å². The fourth-order valence-electron chi connectivity index (χ4n) is 1.59. The molecule has 0 radical (unpaired) electrons. The maximum absolute atomic E-state index is 13.5. The molecule has 2 aromatic carbocycles. The topological polar surface area (TPSA) is 24.1 Å². The summed E-state index contributed by atoms with van der Waals surface area (Å²) in [5, 5.41) is 5.85. The van der Waals surface area contributed by atoms with Gasteiger partial charge in [0.2, 0.25) is 0 Å². The van der Waals surface area contributed by atoms with Gasteiger partial charge in [-0.1, -0.05) is 6.07 Å². The van der Waals surface area contributed by atoms with E-state index < -0.39 is 11.6 Å². The number of hydrogen-bond acceptors (Lipinski definition) is 1. The van der Waals surface area contributed by atoms with Crippen molar-refractivity contribution in [3.63, 3.8) is 0 Å². The number of anilines is 2. The third-order valence-corrected chi connectivity index (χ3v) is 3.41. The van der Waals surface area contributed by atoms with Gasteiger partial charge in [0.25, 0.3) is 0 Å². The second-order valence-electron chi connectivity index (χ2n) is 4.19. The predicted octanol–water partition coefficient (Wildman–Crippen LogP) is 4.84. The minimum absolute atomic E-state index is 0.118. The Kier molecular flexibility index (Phi) is 4.67.